The van der Waals surface area contributed by atoms with E-state index in [2.05, 4.69) is 215 Å². The summed E-state index contributed by atoms with van der Waals surface area (Å²) in [6.07, 6.45) is 0. The molecule has 0 spiro atoms. The highest BCUT2D eigenvalue weighted by atomic mass is 28.3. The predicted octanol–water partition coefficient (Wildman–Crippen LogP) is 9.26. The third kappa shape index (κ3) is 4.49. The Bertz CT molecular complexity index is 2520. The van der Waals surface area contributed by atoms with Crippen LogP contribution in [-0.2, 0) is 0 Å². The van der Waals surface area contributed by atoms with E-state index in [1.807, 2.05) is 0 Å². The summed E-state index contributed by atoms with van der Waals surface area (Å²) in [7, 11) is -2.88. The van der Waals surface area contributed by atoms with Gasteiger partial charge < -0.3 is 9.13 Å². The van der Waals surface area contributed by atoms with E-state index in [0.29, 0.717) is 0 Å². The minimum absolute atomic E-state index is 1.15. The topological polar surface area (TPSA) is 9.86 Å². The first-order valence-corrected chi connectivity index (χ1v) is 19.6. The van der Waals surface area contributed by atoms with E-state index in [4.69, 9.17) is 0 Å². The van der Waals surface area contributed by atoms with E-state index in [1.165, 1.54) is 64.4 Å². The van der Waals surface area contributed by atoms with Crippen molar-refractivity contribution in [2.75, 3.05) is 0 Å². The number of hydrogen-bond donors (Lipinski definition) is 0. The minimum Gasteiger partial charge on any atom is -0.309 e. The van der Waals surface area contributed by atoms with Gasteiger partial charge in [-0.2, -0.15) is 20.7 Å². The lowest BCUT2D eigenvalue weighted by Crippen LogP contribution is -2.74. The van der Waals surface area contributed by atoms with E-state index >= 15 is 0 Å². The average molecular weight is 667 g/mol. The van der Waals surface area contributed by atoms with Gasteiger partial charge >= 0.3 is 0 Å². The van der Waals surface area contributed by atoms with Crippen LogP contribution in [0.1, 0.15) is 0 Å². The molecule has 0 bridgehead atoms. The van der Waals surface area contributed by atoms with Crippen LogP contribution in [0.15, 0.2) is 206 Å². The number of para-hydroxylation sites is 4. The normalized spacial score (nSPS) is 11.9. The van der Waals surface area contributed by atoms with Crippen molar-refractivity contribution in [1.82, 2.24) is 9.13 Å². The number of fused-ring (bicyclic) bond motifs is 6. The van der Waals surface area contributed by atoms with E-state index in [-0.39, 0.29) is 0 Å². The maximum absolute atomic E-state index is 2.88. The fourth-order valence-electron chi connectivity index (χ4n) is 8.54. The first kappa shape index (κ1) is 29.5. The molecule has 0 saturated carbocycles. The van der Waals surface area contributed by atoms with Gasteiger partial charge in [-0.3, -0.25) is 0 Å². The maximum atomic E-state index is 2.50. The van der Waals surface area contributed by atoms with Crippen LogP contribution in [0.2, 0.25) is 0 Å². The average Bonchev–Trinajstić information content (AvgIpc) is 3.73. The summed E-state index contributed by atoms with van der Waals surface area (Å²) in [5, 5.41) is 10.4. The van der Waals surface area contributed by atoms with Gasteiger partial charge in [-0.15, -0.1) is 0 Å². The quantitative estimate of drug-likeness (QED) is 0.124. The van der Waals surface area contributed by atoms with E-state index in [1.54, 1.807) is 0 Å². The highest BCUT2D eigenvalue weighted by Crippen LogP contribution is 2.35. The van der Waals surface area contributed by atoms with Crippen molar-refractivity contribution in [3.8, 4) is 11.4 Å². The fraction of sp³-hybridized carbons (Fsp3) is 0. The number of aromatic nitrogens is 2. The van der Waals surface area contributed by atoms with Crippen molar-refractivity contribution in [3.63, 3.8) is 0 Å². The molecule has 8 aromatic carbocycles. The summed E-state index contributed by atoms with van der Waals surface area (Å²) in [6.45, 7) is 0. The van der Waals surface area contributed by atoms with Gasteiger partial charge in [0.2, 0.25) is 0 Å². The standard InChI is InChI=1S/C48H34N2Si/c1-4-18-37(19-5-1)51(38-20-6-2-7-21-38,39-22-8-3-9-23-39)40-33-35(49-45-28-14-10-24-41(45)42-25-11-15-29-46(42)49)32-36(34-40)50-47-30-16-12-26-43(47)44-27-13-17-31-48(44)50/h1-34H/q-1. The molecule has 0 saturated heterocycles. The first-order valence-electron chi connectivity index (χ1n) is 17.6. The van der Waals surface area contributed by atoms with Crippen LogP contribution in [0.25, 0.3) is 55.0 Å². The van der Waals surface area contributed by atoms with Gasteiger partial charge in [0.1, 0.15) is 0 Å². The van der Waals surface area contributed by atoms with Crippen molar-refractivity contribution in [3.05, 3.63) is 206 Å². The lowest BCUT2D eigenvalue weighted by molar-refractivity contribution is 1.14. The molecule has 2 aromatic heterocycles. The van der Waals surface area contributed by atoms with Crippen molar-refractivity contribution in [1.29, 1.82) is 0 Å². The Labute approximate surface area is 298 Å². The lowest BCUT2D eigenvalue weighted by atomic mass is 10.2. The predicted molar refractivity (Wildman–Crippen MR) is 219 cm³/mol. The zero-order valence-electron chi connectivity index (χ0n) is 28.0. The van der Waals surface area contributed by atoms with E-state index < -0.39 is 8.07 Å². The minimum atomic E-state index is -2.88. The number of rotatable bonds is 6. The van der Waals surface area contributed by atoms with Crippen LogP contribution < -0.4 is 20.7 Å². The molecule has 0 radical (unpaired) electrons. The summed E-state index contributed by atoms with van der Waals surface area (Å²) >= 11 is 0. The van der Waals surface area contributed by atoms with E-state index in [0.717, 1.165) is 11.4 Å². The molecule has 0 aliphatic rings. The molecule has 0 fully saturated rings. The summed E-state index contributed by atoms with van der Waals surface area (Å²) in [5.74, 6) is 0. The molecule has 51 heavy (non-hydrogen) atoms. The zero-order valence-corrected chi connectivity index (χ0v) is 29.0. The van der Waals surface area contributed by atoms with Gasteiger partial charge in [0.05, 0.1) is 22.1 Å². The van der Waals surface area contributed by atoms with Crippen LogP contribution in [0, 0.1) is 0 Å². The summed E-state index contributed by atoms with van der Waals surface area (Å²) in [5.41, 5.74) is 7.12. The fourth-order valence-corrected chi connectivity index (χ4v) is 13.3. The van der Waals surface area contributed by atoms with Crippen molar-refractivity contribution in [2.24, 2.45) is 0 Å². The zero-order chi connectivity index (χ0) is 33.8. The third-order valence-electron chi connectivity index (χ3n) is 10.6. The van der Waals surface area contributed by atoms with Gasteiger partial charge in [0.25, 0.3) is 0 Å². The lowest BCUT2D eigenvalue weighted by Gasteiger charge is -2.47. The molecule has 0 atom stereocenters. The van der Waals surface area contributed by atoms with Crippen LogP contribution >= 0.6 is 0 Å². The van der Waals surface area contributed by atoms with Crippen molar-refractivity contribution in [2.45, 2.75) is 0 Å². The second kappa shape index (κ2) is 11.9. The maximum Gasteiger partial charge on any atom is 0.0541 e. The second-order valence-corrected chi connectivity index (χ2v) is 17.1. The van der Waals surface area contributed by atoms with E-state index in [9.17, 15) is 0 Å². The van der Waals surface area contributed by atoms with Crippen molar-refractivity contribution >= 4 is 72.4 Å². The highest BCUT2D eigenvalue weighted by molar-refractivity contribution is 7.20. The van der Waals surface area contributed by atoms with Crippen LogP contribution in [0.3, 0.4) is 0 Å². The van der Waals surface area contributed by atoms with Gasteiger partial charge in [-0.1, -0.05) is 176 Å². The molecule has 0 N–H and O–H groups in total. The monoisotopic (exact) mass is 666 g/mol. The summed E-state index contributed by atoms with van der Waals surface area (Å²) < 4.78 is 4.96. The number of nitrogens with zero attached hydrogens (tertiary/aromatic N) is 2. The Hall–Kier alpha value is -6.42. The molecule has 241 valence electrons. The molecule has 0 amide bonds. The Kier molecular flexibility index (Phi) is 6.86. The largest absolute Gasteiger partial charge is 0.309 e. The second-order valence-electron chi connectivity index (χ2n) is 13.3. The Morgan fingerprint density at radius 3 is 0.843 bits per heavy atom. The molecule has 2 nitrogen and oxygen atoms in total. The first-order chi connectivity index (χ1) is 25.3. The molecular formula is C48H34N2Si-. The van der Waals surface area contributed by atoms with Crippen LogP contribution in [-0.4, -0.2) is 17.2 Å². The molecule has 3 heteroatoms. The van der Waals surface area contributed by atoms with Gasteiger partial charge in [-0.25, -0.2) is 0 Å². The molecular weight excluding hydrogens is 633 g/mol. The van der Waals surface area contributed by atoms with Crippen LogP contribution in [0.4, 0.5) is 0 Å². The molecule has 0 aliphatic carbocycles. The Balaban J connectivity index is 1.41. The summed E-state index contributed by atoms with van der Waals surface area (Å²) in [6, 6.07) is 76.4. The Morgan fingerprint density at radius 1 is 0.255 bits per heavy atom. The Morgan fingerprint density at radius 2 is 0.529 bits per heavy atom. The number of benzene rings is 8. The highest BCUT2D eigenvalue weighted by Gasteiger charge is 2.29. The molecule has 2 heterocycles. The summed E-state index contributed by atoms with van der Waals surface area (Å²) in [4.78, 5) is 0. The SMILES string of the molecule is c1ccc([Si-](c2ccccc2)(c2ccccc2)c2cc(-n3c4ccccc4c4ccccc43)cc(-n3c4ccccc4c4ccccc43)c2)cc1. The van der Waals surface area contributed by atoms with Crippen LogP contribution in [0.5, 0.6) is 0 Å². The molecule has 10 aromatic rings. The number of hydrogen-bond acceptors (Lipinski definition) is 0. The molecule has 0 unspecified atom stereocenters. The molecule has 0 aliphatic heterocycles. The molecule has 10 rings (SSSR count). The van der Waals surface area contributed by atoms with Gasteiger partial charge in [0.15, 0.2) is 0 Å². The van der Waals surface area contributed by atoms with Crippen molar-refractivity contribution < 1.29 is 0 Å². The third-order valence-corrected chi connectivity index (χ3v) is 15.4. The van der Waals surface area contributed by atoms with Gasteiger partial charge in [0, 0.05) is 32.9 Å². The van der Waals surface area contributed by atoms with Gasteiger partial charge in [-0.05, 0) is 38.4 Å². The smallest absolute Gasteiger partial charge is 0.0541 e.